The third-order valence-corrected chi connectivity index (χ3v) is 5.57. The van der Waals surface area contributed by atoms with Crippen molar-refractivity contribution in [3.05, 3.63) is 0 Å². The molecule has 82 valence electrons. The quantitative estimate of drug-likeness (QED) is 0.761. The highest BCUT2D eigenvalue weighted by Gasteiger charge is 2.47. The van der Waals surface area contributed by atoms with Gasteiger partial charge >= 0.3 is 0 Å². The van der Waals surface area contributed by atoms with Crippen molar-refractivity contribution >= 4 is 9.84 Å². The smallest absolute Gasteiger partial charge is 0.150 e. The highest BCUT2D eigenvalue weighted by atomic mass is 32.2. The molecule has 2 saturated heterocycles. The molecule has 0 bridgehead atoms. The zero-order valence-electron chi connectivity index (χ0n) is 8.75. The van der Waals surface area contributed by atoms with Gasteiger partial charge < -0.3 is 5.32 Å². The van der Waals surface area contributed by atoms with Crippen LogP contribution in [0, 0.1) is 11.3 Å². The first-order chi connectivity index (χ1) is 6.58. The van der Waals surface area contributed by atoms with E-state index in [1.54, 1.807) is 0 Å². The second-order valence-corrected chi connectivity index (χ2v) is 7.04. The Morgan fingerprint density at radius 1 is 1.43 bits per heavy atom. The van der Waals surface area contributed by atoms with Crippen LogP contribution in [-0.2, 0) is 9.84 Å². The van der Waals surface area contributed by atoms with Crippen molar-refractivity contribution in [1.29, 1.82) is 0 Å². The van der Waals surface area contributed by atoms with Crippen molar-refractivity contribution in [3.8, 4) is 0 Å². The molecular formula is C10H19NO2S. The van der Waals surface area contributed by atoms with Crippen LogP contribution in [0.15, 0.2) is 0 Å². The van der Waals surface area contributed by atoms with Gasteiger partial charge in [-0.2, -0.15) is 0 Å². The van der Waals surface area contributed by atoms with E-state index in [0.717, 1.165) is 25.9 Å². The minimum absolute atomic E-state index is 0.318. The highest BCUT2D eigenvalue weighted by Crippen LogP contribution is 2.42. The van der Waals surface area contributed by atoms with Crippen LogP contribution in [0.1, 0.15) is 26.2 Å². The molecule has 3 nitrogen and oxygen atoms in total. The third-order valence-electron chi connectivity index (χ3n) is 3.80. The minimum atomic E-state index is -2.70. The van der Waals surface area contributed by atoms with Crippen molar-refractivity contribution in [2.75, 3.05) is 24.6 Å². The van der Waals surface area contributed by atoms with E-state index in [1.807, 2.05) is 0 Å². The molecule has 0 spiro atoms. The maximum atomic E-state index is 11.4. The molecule has 0 amide bonds. The summed E-state index contributed by atoms with van der Waals surface area (Å²) in [4.78, 5) is 0. The van der Waals surface area contributed by atoms with Gasteiger partial charge in [0.2, 0.25) is 0 Å². The summed E-state index contributed by atoms with van der Waals surface area (Å²) in [5.74, 6) is 1.28. The summed E-state index contributed by atoms with van der Waals surface area (Å²) in [6.45, 7) is 4.24. The Kier molecular flexibility index (Phi) is 2.60. The fourth-order valence-corrected chi connectivity index (χ4v) is 4.84. The van der Waals surface area contributed by atoms with Gasteiger partial charge in [-0.3, -0.25) is 0 Å². The van der Waals surface area contributed by atoms with Gasteiger partial charge in [0.25, 0.3) is 0 Å². The van der Waals surface area contributed by atoms with Crippen LogP contribution in [0.5, 0.6) is 0 Å². The Morgan fingerprint density at radius 2 is 2.14 bits per heavy atom. The summed E-state index contributed by atoms with van der Waals surface area (Å²) in [6, 6.07) is 0. The van der Waals surface area contributed by atoms with E-state index in [0.29, 0.717) is 22.8 Å². The van der Waals surface area contributed by atoms with E-state index >= 15 is 0 Å². The Morgan fingerprint density at radius 3 is 2.50 bits per heavy atom. The van der Waals surface area contributed by atoms with E-state index in [9.17, 15) is 8.42 Å². The maximum absolute atomic E-state index is 11.4. The normalized spacial score (nSPS) is 33.9. The molecule has 0 saturated carbocycles. The van der Waals surface area contributed by atoms with E-state index < -0.39 is 9.84 Å². The molecule has 0 radical (unpaired) electrons. The summed E-state index contributed by atoms with van der Waals surface area (Å²) in [7, 11) is -2.70. The first kappa shape index (κ1) is 10.4. The topological polar surface area (TPSA) is 46.2 Å². The molecule has 2 rings (SSSR count). The van der Waals surface area contributed by atoms with Crippen molar-refractivity contribution in [3.63, 3.8) is 0 Å². The lowest BCUT2D eigenvalue weighted by Gasteiger charge is -2.47. The molecule has 1 N–H and O–H groups in total. The molecule has 0 aromatic rings. The van der Waals surface area contributed by atoms with Gasteiger partial charge in [-0.1, -0.05) is 13.3 Å². The average Bonchev–Trinajstić information content (AvgIpc) is 2.38. The van der Waals surface area contributed by atoms with Crippen LogP contribution in [0.2, 0.25) is 0 Å². The van der Waals surface area contributed by atoms with Crippen LogP contribution in [0.4, 0.5) is 0 Å². The second-order valence-electron chi connectivity index (χ2n) is 4.82. The standard InChI is InChI=1S/C10H19NO2S/c1-2-4-10(7-11-8-10)9-3-5-14(12,13)6-9/h9,11H,2-8H2,1H3. The molecule has 1 unspecified atom stereocenters. The summed E-state index contributed by atoms with van der Waals surface area (Å²) >= 11 is 0. The van der Waals surface area contributed by atoms with Gasteiger partial charge in [-0.05, 0) is 24.2 Å². The molecule has 1 atom stereocenters. The molecular weight excluding hydrogens is 198 g/mol. The highest BCUT2D eigenvalue weighted by molar-refractivity contribution is 7.91. The van der Waals surface area contributed by atoms with Crippen molar-refractivity contribution in [1.82, 2.24) is 5.32 Å². The van der Waals surface area contributed by atoms with Gasteiger partial charge in [0.1, 0.15) is 0 Å². The molecule has 2 aliphatic heterocycles. The molecule has 2 fully saturated rings. The van der Waals surface area contributed by atoms with Gasteiger partial charge in [-0.15, -0.1) is 0 Å². The summed E-state index contributed by atoms with van der Waals surface area (Å²) in [6.07, 6.45) is 3.24. The largest absolute Gasteiger partial charge is 0.316 e. The van der Waals surface area contributed by atoms with E-state index in [-0.39, 0.29) is 0 Å². The van der Waals surface area contributed by atoms with Crippen molar-refractivity contribution in [2.45, 2.75) is 26.2 Å². The van der Waals surface area contributed by atoms with Crippen LogP contribution < -0.4 is 5.32 Å². The first-order valence-electron chi connectivity index (χ1n) is 5.49. The van der Waals surface area contributed by atoms with Crippen LogP contribution in [0.25, 0.3) is 0 Å². The Bertz CT molecular complexity index is 306. The fraction of sp³-hybridized carbons (Fsp3) is 1.00. The Balaban J connectivity index is 2.07. The maximum Gasteiger partial charge on any atom is 0.150 e. The zero-order chi connectivity index (χ0) is 10.2. The van der Waals surface area contributed by atoms with Gasteiger partial charge in [-0.25, -0.2) is 8.42 Å². The lowest BCUT2D eigenvalue weighted by Crippen LogP contribution is -2.57. The van der Waals surface area contributed by atoms with Crippen LogP contribution >= 0.6 is 0 Å². The summed E-state index contributed by atoms with van der Waals surface area (Å²) in [5, 5.41) is 3.30. The molecule has 4 heteroatoms. The van der Waals surface area contributed by atoms with Crippen molar-refractivity contribution < 1.29 is 8.42 Å². The van der Waals surface area contributed by atoms with Crippen LogP contribution in [-0.4, -0.2) is 33.0 Å². The first-order valence-corrected chi connectivity index (χ1v) is 7.31. The average molecular weight is 217 g/mol. The molecule has 0 aliphatic carbocycles. The summed E-state index contributed by atoms with van der Waals surface area (Å²) < 4.78 is 22.8. The number of hydrogen-bond acceptors (Lipinski definition) is 3. The van der Waals surface area contributed by atoms with Crippen LogP contribution in [0.3, 0.4) is 0 Å². The predicted octanol–water partition coefficient (Wildman–Crippen LogP) is 0.811. The zero-order valence-corrected chi connectivity index (χ0v) is 9.57. The Hall–Kier alpha value is -0.0900. The van der Waals surface area contributed by atoms with Crippen molar-refractivity contribution in [2.24, 2.45) is 11.3 Å². The summed E-state index contributed by atoms with van der Waals surface area (Å²) in [5.41, 5.74) is 0.318. The molecule has 0 aromatic carbocycles. The van der Waals surface area contributed by atoms with E-state index in [4.69, 9.17) is 0 Å². The van der Waals surface area contributed by atoms with E-state index in [1.165, 1.54) is 6.42 Å². The van der Waals surface area contributed by atoms with Gasteiger partial charge in [0.05, 0.1) is 11.5 Å². The minimum Gasteiger partial charge on any atom is -0.316 e. The second kappa shape index (κ2) is 3.49. The lowest BCUT2D eigenvalue weighted by molar-refractivity contribution is 0.0798. The molecule has 0 aromatic heterocycles. The number of nitrogens with one attached hydrogen (secondary N) is 1. The lowest BCUT2D eigenvalue weighted by atomic mass is 9.67. The van der Waals surface area contributed by atoms with Gasteiger partial charge in [0.15, 0.2) is 9.84 Å². The molecule has 14 heavy (non-hydrogen) atoms. The van der Waals surface area contributed by atoms with E-state index in [2.05, 4.69) is 12.2 Å². The predicted molar refractivity (Wildman–Crippen MR) is 57.0 cm³/mol. The monoisotopic (exact) mass is 217 g/mol. The SMILES string of the molecule is CCCC1(C2CCS(=O)(=O)C2)CNC1. The molecule has 2 heterocycles. The third kappa shape index (κ3) is 1.70. The number of hydrogen-bond donors (Lipinski definition) is 1. The fourth-order valence-electron chi connectivity index (χ4n) is 2.89. The van der Waals surface area contributed by atoms with Gasteiger partial charge in [0, 0.05) is 13.1 Å². The number of rotatable bonds is 3. The number of sulfone groups is 1. The Labute approximate surface area is 86.2 Å². The molecule has 2 aliphatic rings.